The molecule has 3 fully saturated rings. The number of carbonyl (C=O) groups is 5. The second-order valence-electron chi connectivity index (χ2n) is 13.2. The van der Waals surface area contributed by atoms with Crippen molar-refractivity contribution in [2.45, 2.75) is 51.0 Å². The second kappa shape index (κ2) is 13.4. The van der Waals surface area contributed by atoms with Crippen LogP contribution in [0.25, 0.3) is 10.8 Å². The van der Waals surface area contributed by atoms with Gasteiger partial charge in [-0.2, -0.15) is 8.42 Å². The summed E-state index contributed by atoms with van der Waals surface area (Å²) in [6.07, 6.45) is 1.33. The van der Waals surface area contributed by atoms with E-state index in [9.17, 15) is 42.6 Å². The molecule has 5 N–H and O–H groups in total. The van der Waals surface area contributed by atoms with Gasteiger partial charge < -0.3 is 25.3 Å². The quantitative estimate of drug-likeness (QED) is 0.213. The molecule has 1 atom stereocenters. The van der Waals surface area contributed by atoms with Crippen LogP contribution >= 0.6 is 0 Å². The third kappa shape index (κ3) is 7.30. The molecule has 1 unspecified atom stereocenters. The molecule has 51 heavy (non-hydrogen) atoms. The lowest BCUT2D eigenvalue weighted by atomic mass is 9.87. The molecule has 5 amide bonds. The summed E-state index contributed by atoms with van der Waals surface area (Å²) in [6, 6.07) is 10.9. The molecule has 0 aliphatic carbocycles. The highest BCUT2D eigenvalue weighted by Gasteiger charge is 2.38. The van der Waals surface area contributed by atoms with E-state index in [1.54, 1.807) is 11.8 Å². The average molecular weight is 725 g/mol. The van der Waals surface area contributed by atoms with Crippen LogP contribution in [0, 0.1) is 11.7 Å². The SMILES string of the molecule is CC(=O)N(C)c1cc(N2CCC(O)(CC(=O)Nc3ccc4c(F)c(N5CC(=O)NS5(=O)=O)c(O)cc4c3)CC2)ccc1CC1CCC(=O)NC1=O. The first-order valence-electron chi connectivity index (χ1n) is 16.3. The maximum absolute atomic E-state index is 15.4. The van der Waals surface area contributed by atoms with Gasteiger partial charge in [0.1, 0.15) is 18.0 Å². The standard InChI is InChI=1S/C34H37FN6O9S/c1-19(42)39(2)26-16-24(6-3-20(26)13-21-4-8-28(44)37-33(21)47)40-11-9-34(48,10-12-40)17-29(45)36-23-5-7-25-22(14-23)15-27(43)32(31(25)35)41-18-30(46)38-51(41,49)50/h3,5-7,14-16,21,43,48H,4,8-13,17-18H2,1-2H3,(H,36,45)(H,38,46)(H,37,44,47). The van der Waals surface area contributed by atoms with E-state index >= 15 is 4.39 Å². The molecule has 0 aromatic heterocycles. The summed E-state index contributed by atoms with van der Waals surface area (Å²) in [5, 5.41) is 27.0. The van der Waals surface area contributed by atoms with Crippen molar-refractivity contribution < 1.29 is 47.0 Å². The normalized spacial score (nSPS) is 19.8. The van der Waals surface area contributed by atoms with Gasteiger partial charge in [0.2, 0.25) is 23.6 Å². The number of rotatable bonds is 8. The molecule has 17 heteroatoms. The number of halogens is 1. The van der Waals surface area contributed by atoms with Gasteiger partial charge in [-0.3, -0.25) is 29.3 Å². The van der Waals surface area contributed by atoms with Crippen LogP contribution in [0.5, 0.6) is 5.75 Å². The minimum absolute atomic E-state index is 0.0528. The van der Waals surface area contributed by atoms with Crippen molar-refractivity contribution in [3.63, 3.8) is 0 Å². The van der Waals surface area contributed by atoms with E-state index < -0.39 is 57.3 Å². The van der Waals surface area contributed by atoms with Crippen molar-refractivity contribution in [1.82, 2.24) is 10.0 Å². The van der Waals surface area contributed by atoms with Gasteiger partial charge in [0, 0.05) is 61.8 Å². The zero-order valence-electron chi connectivity index (χ0n) is 27.9. The van der Waals surface area contributed by atoms with E-state index in [0.29, 0.717) is 35.9 Å². The Hall–Kier alpha value is -5.29. The molecule has 3 aliphatic heterocycles. The molecule has 3 heterocycles. The van der Waals surface area contributed by atoms with Crippen molar-refractivity contribution in [2.75, 3.05) is 46.1 Å². The predicted octanol–water partition coefficient (Wildman–Crippen LogP) is 1.80. The minimum atomic E-state index is -4.37. The van der Waals surface area contributed by atoms with E-state index in [1.165, 1.54) is 30.0 Å². The monoisotopic (exact) mass is 724 g/mol. The number of piperidine rings is 2. The fourth-order valence-corrected chi connectivity index (χ4v) is 7.93. The van der Waals surface area contributed by atoms with Gasteiger partial charge in [0.15, 0.2) is 5.82 Å². The van der Waals surface area contributed by atoms with Crippen LogP contribution in [0.15, 0.2) is 42.5 Å². The van der Waals surface area contributed by atoms with Crippen molar-refractivity contribution in [1.29, 1.82) is 0 Å². The molecule has 15 nitrogen and oxygen atoms in total. The van der Waals surface area contributed by atoms with Crippen molar-refractivity contribution >= 4 is 73.3 Å². The van der Waals surface area contributed by atoms with Crippen LogP contribution in [0.4, 0.5) is 27.1 Å². The van der Waals surface area contributed by atoms with Crippen molar-refractivity contribution in [2.24, 2.45) is 5.92 Å². The van der Waals surface area contributed by atoms with Crippen LogP contribution < -0.4 is 29.5 Å². The highest BCUT2D eigenvalue weighted by molar-refractivity contribution is 7.92. The first-order chi connectivity index (χ1) is 24.0. The lowest BCUT2D eigenvalue weighted by Crippen LogP contribution is -2.46. The molecular weight excluding hydrogens is 687 g/mol. The number of phenols is 1. The van der Waals surface area contributed by atoms with E-state index in [2.05, 4.69) is 10.6 Å². The smallest absolute Gasteiger partial charge is 0.326 e. The molecule has 3 aromatic rings. The van der Waals surface area contributed by atoms with Gasteiger partial charge in [-0.1, -0.05) is 6.07 Å². The van der Waals surface area contributed by atoms with Gasteiger partial charge in [-0.15, -0.1) is 0 Å². The first-order valence-corrected chi connectivity index (χ1v) is 17.7. The van der Waals surface area contributed by atoms with E-state index in [0.717, 1.165) is 17.3 Å². The Kier molecular flexibility index (Phi) is 9.37. The highest BCUT2D eigenvalue weighted by atomic mass is 32.2. The lowest BCUT2D eigenvalue weighted by molar-refractivity contribution is -0.136. The minimum Gasteiger partial charge on any atom is -0.506 e. The topological polar surface area (TPSA) is 206 Å². The number of anilines is 4. The molecule has 3 aromatic carbocycles. The Morgan fingerprint density at radius 2 is 1.80 bits per heavy atom. The Morgan fingerprint density at radius 1 is 1.08 bits per heavy atom. The summed E-state index contributed by atoms with van der Waals surface area (Å²) in [7, 11) is -2.72. The third-order valence-electron chi connectivity index (χ3n) is 9.66. The number of hydrogen-bond donors (Lipinski definition) is 5. The number of aliphatic hydroxyl groups is 1. The van der Waals surface area contributed by atoms with Gasteiger partial charge in [-0.05, 0) is 73.0 Å². The Bertz CT molecular complexity index is 2080. The number of nitrogens with zero attached hydrogens (tertiary/aromatic N) is 3. The summed E-state index contributed by atoms with van der Waals surface area (Å²) in [5.41, 5.74) is 0.487. The van der Waals surface area contributed by atoms with Gasteiger partial charge in [-0.25, -0.2) is 13.4 Å². The third-order valence-corrected chi connectivity index (χ3v) is 11.0. The van der Waals surface area contributed by atoms with Gasteiger partial charge >= 0.3 is 10.2 Å². The number of hydrogen-bond acceptors (Lipinski definition) is 10. The number of benzene rings is 3. The second-order valence-corrected chi connectivity index (χ2v) is 14.8. The van der Waals surface area contributed by atoms with Crippen molar-refractivity contribution in [3.8, 4) is 5.75 Å². The Labute approximate surface area is 292 Å². The number of imide groups is 1. The number of amides is 5. The van der Waals surface area contributed by atoms with Crippen LogP contribution in [-0.2, 0) is 40.6 Å². The van der Waals surface area contributed by atoms with Crippen LogP contribution in [0.1, 0.15) is 44.6 Å². The molecule has 0 saturated carbocycles. The summed E-state index contributed by atoms with van der Waals surface area (Å²) >= 11 is 0. The summed E-state index contributed by atoms with van der Waals surface area (Å²) in [5.74, 6) is -4.36. The number of nitrogens with one attached hydrogen (secondary N) is 3. The Morgan fingerprint density at radius 3 is 2.45 bits per heavy atom. The Balaban J connectivity index is 1.11. The number of carbonyl (C=O) groups excluding carboxylic acids is 5. The molecule has 0 spiro atoms. The van der Waals surface area contributed by atoms with E-state index in [-0.39, 0.29) is 59.9 Å². The maximum atomic E-state index is 15.4. The van der Waals surface area contributed by atoms with Crippen LogP contribution in [0.2, 0.25) is 0 Å². The van der Waals surface area contributed by atoms with Crippen molar-refractivity contribution in [3.05, 3.63) is 53.8 Å². The molecule has 0 bridgehead atoms. The molecule has 0 radical (unpaired) electrons. The summed E-state index contributed by atoms with van der Waals surface area (Å²) in [4.78, 5) is 64.6. The molecule has 270 valence electrons. The number of phenolic OH excluding ortho intramolecular Hbond substituents is 1. The fourth-order valence-electron chi connectivity index (χ4n) is 6.76. The molecule has 3 aliphatic rings. The summed E-state index contributed by atoms with van der Waals surface area (Å²) < 4.78 is 42.1. The molecule has 3 saturated heterocycles. The predicted molar refractivity (Wildman–Crippen MR) is 185 cm³/mol. The highest BCUT2D eigenvalue weighted by Crippen LogP contribution is 2.39. The van der Waals surface area contributed by atoms with E-state index in [1.807, 2.05) is 23.1 Å². The number of fused-ring (bicyclic) bond motifs is 1. The maximum Gasteiger partial charge on any atom is 0.326 e. The van der Waals surface area contributed by atoms with Crippen LogP contribution in [0.3, 0.4) is 0 Å². The zero-order chi connectivity index (χ0) is 36.8. The zero-order valence-corrected chi connectivity index (χ0v) is 28.7. The van der Waals surface area contributed by atoms with E-state index in [4.69, 9.17) is 0 Å². The summed E-state index contributed by atoms with van der Waals surface area (Å²) in [6.45, 7) is 1.56. The molecule has 6 rings (SSSR count). The lowest BCUT2D eigenvalue weighted by Gasteiger charge is -2.39. The van der Waals surface area contributed by atoms with Crippen LogP contribution in [-0.4, -0.2) is 80.4 Å². The largest absolute Gasteiger partial charge is 0.506 e. The number of aromatic hydroxyl groups is 1. The molecular formula is C34H37FN6O9S. The first kappa shape index (κ1) is 35.5. The fraction of sp³-hybridized carbons (Fsp3) is 0.382. The van der Waals surface area contributed by atoms with Gasteiger partial charge in [0.05, 0.1) is 12.0 Å². The average Bonchev–Trinajstić information content (AvgIpc) is 3.32. The van der Waals surface area contributed by atoms with Gasteiger partial charge in [0.25, 0.3) is 5.91 Å².